The highest BCUT2D eigenvalue weighted by Gasteiger charge is 2.23. The van der Waals surface area contributed by atoms with Crippen LogP contribution in [0.3, 0.4) is 0 Å². The summed E-state index contributed by atoms with van der Waals surface area (Å²) in [6.07, 6.45) is 5.46. The molecule has 0 amide bonds. The van der Waals surface area contributed by atoms with Crippen LogP contribution >= 0.6 is 11.3 Å². The van der Waals surface area contributed by atoms with Crippen molar-refractivity contribution in [1.82, 2.24) is 0 Å². The molecule has 3 rings (SSSR count). The quantitative estimate of drug-likeness (QED) is 0.709. The van der Waals surface area contributed by atoms with Gasteiger partial charge in [-0.2, -0.15) is 0 Å². The van der Waals surface area contributed by atoms with Crippen LogP contribution in [0.4, 0.5) is 0 Å². The number of hydrogen-bond donors (Lipinski definition) is 0. The number of para-hydroxylation sites is 1. The van der Waals surface area contributed by atoms with E-state index in [-0.39, 0.29) is 0 Å². The van der Waals surface area contributed by atoms with Gasteiger partial charge in [-0.05, 0) is 31.7 Å². The molecule has 1 heterocycles. The first-order valence-electron chi connectivity index (χ1n) is 5.48. The number of thiazole rings is 1. The monoisotopic (exact) mass is 220 g/mol. The van der Waals surface area contributed by atoms with E-state index in [9.17, 15) is 0 Å². The predicted octanol–water partition coefficient (Wildman–Crippen LogP) is 2.56. The Kier molecular flexibility index (Phi) is 2.33. The van der Waals surface area contributed by atoms with E-state index in [1.807, 2.05) is 4.73 Å². The zero-order valence-corrected chi connectivity index (χ0v) is 9.37. The molecule has 0 unspecified atom stereocenters. The van der Waals surface area contributed by atoms with Gasteiger partial charge in [-0.1, -0.05) is 23.5 Å². The number of aromatic nitrogens is 1. The fraction of sp³-hybridized carbons (Fsp3) is 0.417. The highest BCUT2D eigenvalue weighted by molar-refractivity contribution is 7.16. The smallest absolute Gasteiger partial charge is 0.267 e. The first-order valence-corrected chi connectivity index (χ1v) is 6.36. The van der Waals surface area contributed by atoms with Crippen LogP contribution in [0.1, 0.15) is 25.7 Å². The summed E-state index contributed by atoms with van der Waals surface area (Å²) in [5, 5.41) is 0. The van der Waals surface area contributed by atoms with Crippen molar-refractivity contribution in [2.45, 2.75) is 31.8 Å². The second-order valence-electron chi connectivity index (χ2n) is 4.03. The molecular formula is C12H14NOS+. The third-order valence-electron chi connectivity index (χ3n) is 2.94. The van der Waals surface area contributed by atoms with Crippen LogP contribution < -0.4 is 9.57 Å². The molecule has 0 atom stereocenters. The van der Waals surface area contributed by atoms with Crippen LogP contribution in [-0.2, 0) is 0 Å². The van der Waals surface area contributed by atoms with E-state index >= 15 is 0 Å². The summed E-state index contributed by atoms with van der Waals surface area (Å²) in [5.74, 6) is 0. The number of fused-ring (bicyclic) bond motifs is 1. The Labute approximate surface area is 93.1 Å². The molecule has 1 saturated carbocycles. The lowest BCUT2D eigenvalue weighted by atomic mass is 10.3. The molecule has 1 aliphatic carbocycles. The molecule has 0 aliphatic heterocycles. The van der Waals surface area contributed by atoms with Gasteiger partial charge in [0.25, 0.3) is 11.0 Å². The first-order chi connectivity index (χ1) is 7.43. The van der Waals surface area contributed by atoms with Crippen molar-refractivity contribution in [2.75, 3.05) is 0 Å². The topological polar surface area (TPSA) is 13.1 Å². The summed E-state index contributed by atoms with van der Waals surface area (Å²) in [4.78, 5) is 5.96. The van der Waals surface area contributed by atoms with E-state index in [1.165, 1.54) is 35.9 Å². The molecular weight excluding hydrogens is 206 g/mol. The van der Waals surface area contributed by atoms with Gasteiger partial charge in [0.1, 0.15) is 4.70 Å². The van der Waals surface area contributed by atoms with Gasteiger partial charge >= 0.3 is 0 Å². The zero-order chi connectivity index (χ0) is 10.1. The van der Waals surface area contributed by atoms with Crippen molar-refractivity contribution in [3.63, 3.8) is 0 Å². The lowest BCUT2D eigenvalue weighted by Crippen LogP contribution is -2.45. The van der Waals surface area contributed by atoms with Gasteiger partial charge in [0.2, 0.25) is 0 Å². The number of hydrogen-bond acceptors (Lipinski definition) is 2. The third-order valence-corrected chi connectivity index (χ3v) is 3.84. The molecule has 0 spiro atoms. The summed E-state index contributed by atoms with van der Waals surface area (Å²) in [7, 11) is 0. The van der Waals surface area contributed by atoms with Gasteiger partial charge in [0.15, 0.2) is 6.10 Å². The second kappa shape index (κ2) is 3.81. The van der Waals surface area contributed by atoms with Crippen LogP contribution in [0.25, 0.3) is 10.2 Å². The molecule has 1 aromatic heterocycles. The predicted molar refractivity (Wildman–Crippen MR) is 60.9 cm³/mol. The Morgan fingerprint density at radius 1 is 1.20 bits per heavy atom. The van der Waals surface area contributed by atoms with Crippen molar-refractivity contribution in [3.05, 3.63) is 29.8 Å². The molecule has 0 saturated heterocycles. The van der Waals surface area contributed by atoms with Crippen molar-refractivity contribution in [3.8, 4) is 0 Å². The molecule has 15 heavy (non-hydrogen) atoms. The molecule has 2 aromatic rings. The van der Waals surface area contributed by atoms with Gasteiger partial charge in [-0.15, -0.1) is 0 Å². The van der Waals surface area contributed by atoms with E-state index in [2.05, 4.69) is 29.8 Å². The van der Waals surface area contributed by atoms with E-state index < -0.39 is 0 Å². The fourth-order valence-corrected chi connectivity index (χ4v) is 2.94. The number of benzene rings is 1. The Balaban J connectivity index is 1.90. The minimum atomic E-state index is 0.424. The average Bonchev–Trinajstić information content (AvgIpc) is 2.89. The summed E-state index contributed by atoms with van der Waals surface area (Å²) >= 11 is 1.74. The Bertz CT molecular complexity index is 459. The lowest BCUT2D eigenvalue weighted by molar-refractivity contribution is -0.876. The standard InChI is InChI=1S/C12H14NOS/c1-2-6-10(5-1)14-13-9-15-12-8-4-3-7-11(12)13/h3-4,7-10H,1-2,5-6H2/q+1. The maximum Gasteiger partial charge on any atom is 0.278 e. The number of nitrogens with zero attached hydrogens (tertiary/aromatic N) is 1. The molecule has 0 N–H and O–H groups in total. The van der Waals surface area contributed by atoms with Crippen molar-refractivity contribution in [2.24, 2.45) is 0 Å². The van der Waals surface area contributed by atoms with Crippen LogP contribution in [0, 0.1) is 0 Å². The van der Waals surface area contributed by atoms with Crippen LogP contribution in [0.2, 0.25) is 0 Å². The summed E-state index contributed by atoms with van der Waals surface area (Å²) in [6.45, 7) is 0. The Morgan fingerprint density at radius 2 is 2.00 bits per heavy atom. The molecule has 1 aliphatic rings. The Morgan fingerprint density at radius 3 is 2.87 bits per heavy atom. The van der Waals surface area contributed by atoms with Crippen molar-refractivity contribution < 1.29 is 9.57 Å². The Hall–Kier alpha value is -1.09. The largest absolute Gasteiger partial charge is 0.278 e. The van der Waals surface area contributed by atoms with E-state index in [0.717, 1.165) is 0 Å². The summed E-state index contributed by atoms with van der Waals surface area (Å²) in [5.41, 5.74) is 3.25. The SMILES string of the molecule is c1ccc2c(c1)sc[n+]2OC1CCCC1. The third kappa shape index (κ3) is 1.72. The van der Waals surface area contributed by atoms with Crippen LogP contribution in [-0.4, -0.2) is 6.10 Å². The molecule has 0 bridgehead atoms. The molecule has 2 nitrogen and oxygen atoms in total. The van der Waals surface area contributed by atoms with Gasteiger partial charge in [0.05, 0.1) is 0 Å². The van der Waals surface area contributed by atoms with Gasteiger partial charge < -0.3 is 0 Å². The summed E-state index contributed by atoms with van der Waals surface area (Å²) in [6, 6.07) is 8.37. The minimum absolute atomic E-state index is 0.424. The lowest BCUT2D eigenvalue weighted by Gasteiger charge is -2.03. The normalized spacial score (nSPS) is 17.3. The molecule has 0 radical (unpaired) electrons. The zero-order valence-electron chi connectivity index (χ0n) is 8.56. The molecule has 3 heteroatoms. The fourth-order valence-electron chi connectivity index (χ4n) is 2.14. The maximum absolute atomic E-state index is 5.96. The van der Waals surface area contributed by atoms with Crippen molar-refractivity contribution in [1.29, 1.82) is 0 Å². The van der Waals surface area contributed by atoms with E-state index in [1.54, 1.807) is 11.3 Å². The highest BCUT2D eigenvalue weighted by Crippen LogP contribution is 2.19. The first kappa shape index (κ1) is 9.16. The van der Waals surface area contributed by atoms with Gasteiger partial charge in [-0.25, -0.2) is 0 Å². The summed E-state index contributed by atoms with van der Waals surface area (Å²) < 4.78 is 3.23. The molecule has 1 fully saturated rings. The highest BCUT2D eigenvalue weighted by atomic mass is 32.1. The van der Waals surface area contributed by atoms with Crippen LogP contribution in [0.15, 0.2) is 29.8 Å². The van der Waals surface area contributed by atoms with E-state index in [4.69, 9.17) is 4.84 Å². The maximum atomic E-state index is 5.96. The van der Waals surface area contributed by atoms with Gasteiger partial charge in [-0.3, -0.25) is 4.84 Å². The second-order valence-corrected chi connectivity index (χ2v) is 4.92. The van der Waals surface area contributed by atoms with E-state index in [0.29, 0.717) is 6.10 Å². The van der Waals surface area contributed by atoms with Crippen LogP contribution in [0.5, 0.6) is 0 Å². The number of rotatable bonds is 2. The molecule has 1 aromatic carbocycles. The molecule has 78 valence electrons. The van der Waals surface area contributed by atoms with Crippen molar-refractivity contribution >= 4 is 21.6 Å². The minimum Gasteiger partial charge on any atom is -0.267 e. The van der Waals surface area contributed by atoms with Gasteiger partial charge in [0, 0.05) is 10.8 Å². The average molecular weight is 220 g/mol.